The van der Waals surface area contributed by atoms with E-state index in [0.29, 0.717) is 10.9 Å². The lowest BCUT2D eigenvalue weighted by Crippen LogP contribution is -2.33. The molecule has 0 atom stereocenters. The summed E-state index contributed by atoms with van der Waals surface area (Å²) in [4.78, 5) is 46.6. The lowest BCUT2D eigenvalue weighted by atomic mass is 10.1. The average Bonchev–Trinajstić information content (AvgIpc) is 2.71. The first-order chi connectivity index (χ1) is 14.7. The van der Waals surface area contributed by atoms with Crippen LogP contribution in [0.5, 0.6) is 5.75 Å². The lowest BCUT2D eigenvalue weighted by molar-refractivity contribution is -0.384. The molecule has 9 nitrogen and oxygen atoms in total. The monoisotopic (exact) mass is 422 g/mol. The Kier molecular flexibility index (Phi) is 6.25. The molecule has 1 aromatic heterocycles. The summed E-state index contributed by atoms with van der Waals surface area (Å²) in [6.07, 6.45) is 2.51. The highest BCUT2D eigenvalue weighted by molar-refractivity contribution is 5.97. The molecule has 31 heavy (non-hydrogen) atoms. The number of carbonyl (C=O) groups is 2. The Labute approximate surface area is 176 Å². The molecular weight excluding hydrogens is 404 g/mol. The first-order valence-corrected chi connectivity index (χ1v) is 9.26. The third-order valence-electron chi connectivity index (χ3n) is 4.08. The van der Waals surface area contributed by atoms with E-state index in [1.807, 2.05) is 0 Å². The Morgan fingerprint density at radius 3 is 2.65 bits per heavy atom. The van der Waals surface area contributed by atoms with Crippen molar-refractivity contribution in [3.8, 4) is 5.75 Å². The molecule has 1 N–H and O–H groups in total. The molecule has 0 aliphatic heterocycles. The van der Waals surface area contributed by atoms with Crippen molar-refractivity contribution in [2.45, 2.75) is 19.9 Å². The lowest BCUT2D eigenvalue weighted by Gasteiger charge is -2.08. The van der Waals surface area contributed by atoms with Gasteiger partial charge in [0.15, 0.2) is 0 Å². The second-order valence-corrected chi connectivity index (χ2v) is 6.88. The fourth-order valence-electron chi connectivity index (χ4n) is 2.71. The van der Waals surface area contributed by atoms with Crippen LogP contribution in [0, 0.1) is 10.1 Å². The number of nitro benzene ring substituents is 1. The molecule has 0 saturated heterocycles. The average molecular weight is 422 g/mol. The standard InChI is InChI=1S/C22H18N2O7/c1-13(2)23-21(26)18-11-15-7-8-17(12-19(15)31-22(18)27)30-20(25)9-6-14-4-3-5-16(10-14)24(28)29/h3-13H,1-2H3,(H,23,26)/b9-6+. The predicted molar refractivity (Wildman–Crippen MR) is 113 cm³/mol. The maximum Gasteiger partial charge on any atom is 0.349 e. The van der Waals surface area contributed by atoms with Crippen LogP contribution in [-0.4, -0.2) is 22.8 Å². The van der Waals surface area contributed by atoms with Crippen molar-refractivity contribution < 1.29 is 23.7 Å². The second-order valence-electron chi connectivity index (χ2n) is 6.88. The van der Waals surface area contributed by atoms with Gasteiger partial charge in [-0.3, -0.25) is 14.9 Å². The fourth-order valence-corrected chi connectivity index (χ4v) is 2.71. The minimum absolute atomic E-state index is 0.0958. The van der Waals surface area contributed by atoms with Crippen molar-refractivity contribution in [2.75, 3.05) is 0 Å². The molecule has 0 saturated carbocycles. The first-order valence-electron chi connectivity index (χ1n) is 9.26. The molecule has 1 heterocycles. The van der Waals surface area contributed by atoms with Crippen molar-refractivity contribution in [3.63, 3.8) is 0 Å². The molecule has 3 rings (SSSR count). The summed E-state index contributed by atoms with van der Waals surface area (Å²) in [6.45, 7) is 3.54. The van der Waals surface area contributed by atoms with Gasteiger partial charge in [0, 0.05) is 35.7 Å². The van der Waals surface area contributed by atoms with E-state index in [9.17, 15) is 24.5 Å². The van der Waals surface area contributed by atoms with Gasteiger partial charge in [-0.05, 0) is 43.7 Å². The number of nitro groups is 1. The summed E-state index contributed by atoms with van der Waals surface area (Å²) in [5.41, 5.74) is -0.408. The zero-order valence-electron chi connectivity index (χ0n) is 16.7. The normalized spacial score (nSPS) is 11.1. The Morgan fingerprint density at radius 1 is 1.16 bits per heavy atom. The highest BCUT2D eigenvalue weighted by Crippen LogP contribution is 2.21. The summed E-state index contributed by atoms with van der Waals surface area (Å²) in [6, 6.07) is 11.4. The van der Waals surface area contributed by atoms with E-state index in [2.05, 4.69) is 5.32 Å². The van der Waals surface area contributed by atoms with Crippen LogP contribution in [0.3, 0.4) is 0 Å². The fraction of sp³-hybridized carbons (Fsp3) is 0.136. The summed E-state index contributed by atoms with van der Waals surface area (Å²) in [7, 11) is 0. The van der Waals surface area contributed by atoms with Crippen LogP contribution >= 0.6 is 0 Å². The number of carbonyl (C=O) groups excluding carboxylic acids is 2. The van der Waals surface area contributed by atoms with Crippen LogP contribution in [0.4, 0.5) is 5.69 Å². The zero-order chi connectivity index (χ0) is 22.5. The number of rotatable bonds is 6. The number of esters is 1. The number of nitrogens with zero attached hydrogens (tertiary/aromatic N) is 1. The molecule has 158 valence electrons. The molecule has 0 unspecified atom stereocenters. The molecule has 3 aromatic rings. The van der Waals surface area contributed by atoms with Crippen LogP contribution < -0.4 is 15.7 Å². The maximum atomic E-state index is 12.1. The molecule has 0 spiro atoms. The number of hydrogen-bond donors (Lipinski definition) is 1. The summed E-state index contributed by atoms with van der Waals surface area (Å²) >= 11 is 0. The largest absolute Gasteiger partial charge is 0.423 e. The number of amides is 1. The van der Waals surface area contributed by atoms with E-state index in [0.717, 1.165) is 6.08 Å². The quantitative estimate of drug-likeness (QED) is 0.161. The molecule has 2 aromatic carbocycles. The Balaban J connectivity index is 1.77. The third-order valence-corrected chi connectivity index (χ3v) is 4.08. The predicted octanol–water partition coefficient (Wildman–Crippen LogP) is 3.46. The van der Waals surface area contributed by atoms with Crippen LogP contribution in [0.2, 0.25) is 0 Å². The van der Waals surface area contributed by atoms with Gasteiger partial charge >= 0.3 is 11.6 Å². The van der Waals surface area contributed by atoms with Gasteiger partial charge in [-0.15, -0.1) is 0 Å². The first kappa shape index (κ1) is 21.4. The SMILES string of the molecule is CC(C)NC(=O)c1cc2ccc(OC(=O)/C=C/c3cccc([N+](=O)[O-])c3)cc2oc1=O. The molecule has 0 fully saturated rings. The molecular formula is C22H18N2O7. The van der Waals surface area contributed by atoms with Gasteiger partial charge in [-0.2, -0.15) is 0 Å². The van der Waals surface area contributed by atoms with Gasteiger partial charge in [0.1, 0.15) is 16.9 Å². The van der Waals surface area contributed by atoms with E-state index in [4.69, 9.17) is 9.15 Å². The zero-order valence-corrected chi connectivity index (χ0v) is 16.7. The number of ether oxygens (including phenoxy) is 1. The van der Waals surface area contributed by atoms with Crippen LogP contribution in [0.1, 0.15) is 29.8 Å². The third kappa shape index (κ3) is 5.41. The minimum Gasteiger partial charge on any atom is -0.423 e. The number of benzene rings is 2. The number of hydrogen-bond acceptors (Lipinski definition) is 7. The van der Waals surface area contributed by atoms with Crippen LogP contribution in [0.15, 0.2) is 63.8 Å². The van der Waals surface area contributed by atoms with E-state index in [1.165, 1.54) is 42.5 Å². The minimum atomic E-state index is -0.806. The highest BCUT2D eigenvalue weighted by Gasteiger charge is 2.15. The van der Waals surface area contributed by atoms with E-state index >= 15 is 0 Å². The van der Waals surface area contributed by atoms with Crippen molar-refractivity contribution in [2.24, 2.45) is 0 Å². The van der Waals surface area contributed by atoms with Gasteiger partial charge < -0.3 is 14.5 Å². The topological polar surface area (TPSA) is 129 Å². The van der Waals surface area contributed by atoms with Gasteiger partial charge in [-0.25, -0.2) is 9.59 Å². The molecule has 0 radical (unpaired) electrons. The Hall–Kier alpha value is -4.27. The van der Waals surface area contributed by atoms with Crippen molar-refractivity contribution >= 4 is 34.6 Å². The summed E-state index contributed by atoms with van der Waals surface area (Å²) in [5.74, 6) is -1.13. The number of non-ortho nitro benzene ring substituents is 1. The van der Waals surface area contributed by atoms with Crippen molar-refractivity contribution in [1.29, 1.82) is 0 Å². The molecule has 0 aliphatic carbocycles. The Morgan fingerprint density at radius 2 is 1.94 bits per heavy atom. The van der Waals surface area contributed by atoms with Gasteiger partial charge in [0.2, 0.25) is 0 Å². The Bertz CT molecular complexity index is 1260. The van der Waals surface area contributed by atoms with E-state index in [1.54, 1.807) is 26.0 Å². The van der Waals surface area contributed by atoms with Gasteiger partial charge in [0.05, 0.1) is 4.92 Å². The molecule has 9 heteroatoms. The highest BCUT2D eigenvalue weighted by atomic mass is 16.6. The van der Waals surface area contributed by atoms with Gasteiger partial charge in [0.25, 0.3) is 11.6 Å². The van der Waals surface area contributed by atoms with Crippen molar-refractivity contribution in [3.05, 3.63) is 86.3 Å². The number of fused-ring (bicyclic) bond motifs is 1. The summed E-state index contributed by atoms with van der Waals surface area (Å²) < 4.78 is 10.4. The van der Waals surface area contributed by atoms with Crippen molar-refractivity contribution in [1.82, 2.24) is 5.32 Å². The van der Waals surface area contributed by atoms with Crippen LogP contribution in [0.25, 0.3) is 17.0 Å². The second kappa shape index (κ2) is 9.04. The van der Waals surface area contributed by atoms with Crippen LogP contribution in [-0.2, 0) is 4.79 Å². The van der Waals surface area contributed by atoms with E-state index in [-0.39, 0.29) is 28.6 Å². The maximum absolute atomic E-state index is 12.1. The van der Waals surface area contributed by atoms with E-state index < -0.39 is 22.4 Å². The molecule has 0 bridgehead atoms. The number of nitrogens with one attached hydrogen (secondary N) is 1. The summed E-state index contributed by atoms with van der Waals surface area (Å²) in [5, 5.41) is 13.9. The molecule has 0 aliphatic rings. The molecule has 1 amide bonds. The van der Waals surface area contributed by atoms with Gasteiger partial charge in [-0.1, -0.05) is 12.1 Å². The smallest absolute Gasteiger partial charge is 0.349 e.